The van der Waals surface area contributed by atoms with Crippen LogP contribution in [-0.4, -0.2) is 18.0 Å². The summed E-state index contributed by atoms with van der Waals surface area (Å²) in [5, 5.41) is 0.665. The molecule has 0 atom stereocenters. The number of carbonyl (C=O) groups is 1. The molecule has 5 heteroatoms. The van der Waals surface area contributed by atoms with Crippen molar-refractivity contribution in [3.05, 3.63) is 125 Å². The number of aromatic nitrogens is 1. The van der Waals surface area contributed by atoms with Gasteiger partial charge < -0.3 is 4.74 Å². The standard InChI is InChI=1S/C30H26N2O2S/c1-21-18-19-25(34-2)27-28(21)35-30(31-27)32(20-22-12-6-3-7-13-22)29(33)26(23-14-8-4-9-15-23)24-16-10-5-11-17-24/h3-19,26H,20H2,1-2H3. The Kier molecular flexibility index (Phi) is 6.59. The van der Waals surface area contributed by atoms with Crippen LogP contribution in [0.4, 0.5) is 5.13 Å². The van der Waals surface area contributed by atoms with Crippen LogP contribution in [0, 0.1) is 6.92 Å². The third-order valence-corrected chi connectivity index (χ3v) is 7.32. The Labute approximate surface area is 209 Å². The molecule has 0 bridgehead atoms. The number of fused-ring (bicyclic) bond motifs is 1. The summed E-state index contributed by atoms with van der Waals surface area (Å²) in [7, 11) is 1.65. The molecule has 1 heterocycles. The highest BCUT2D eigenvalue weighted by molar-refractivity contribution is 7.22. The van der Waals surface area contributed by atoms with Crippen molar-refractivity contribution in [1.82, 2.24) is 4.98 Å². The van der Waals surface area contributed by atoms with Crippen molar-refractivity contribution in [2.45, 2.75) is 19.4 Å². The molecular formula is C30H26N2O2S. The number of hydrogen-bond donors (Lipinski definition) is 0. The Hall–Kier alpha value is -3.96. The van der Waals surface area contributed by atoms with Crippen molar-refractivity contribution < 1.29 is 9.53 Å². The van der Waals surface area contributed by atoms with Gasteiger partial charge in [-0.05, 0) is 35.2 Å². The minimum Gasteiger partial charge on any atom is -0.494 e. The maximum absolute atomic E-state index is 14.4. The predicted molar refractivity (Wildman–Crippen MR) is 143 cm³/mol. The number of anilines is 1. The Morgan fingerprint density at radius 2 is 1.43 bits per heavy atom. The number of nitrogens with zero attached hydrogens (tertiary/aromatic N) is 2. The third-order valence-electron chi connectivity index (χ3n) is 6.11. The second kappa shape index (κ2) is 10.1. The molecule has 0 fully saturated rings. The van der Waals surface area contributed by atoms with Gasteiger partial charge in [0.05, 0.1) is 24.3 Å². The van der Waals surface area contributed by atoms with Crippen molar-refractivity contribution in [2.24, 2.45) is 0 Å². The molecular weight excluding hydrogens is 452 g/mol. The number of benzene rings is 4. The first-order valence-corrected chi connectivity index (χ1v) is 12.4. The fourth-order valence-corrected chi connectivity index (χ4v) is 5.36. The lowest BCUT2D eigenvalue weighted by molar-refractivity contribution is -0.119. The molecule has 0 saturated carbocycles. The van der Waals surface area contributed by atoms with Crippen LogP contribution < -0.4 is 9.64 Å². The number of hydrogen-bond acceptors (Lipinski definition) is 4. The summed E-state index contributed by atoms with van der Waals surface area (Å²) in [6.45, 7) is 2.49. The van der Waals surface area contributed by atoms with Crippen molar-refractivity contribution in [3.8, 4) is 5.75 Å². The summed E-state index contributed by atoms with van der Waals surface area (Å²) in [5.74, 6) is 0.251. The molecule has 1 amide bonds. The Balaban J connectivity index is 1.66. The first kappa shape index (κ1) is 22.8. The van der Waals surface area contributed by atoms with Gasteiger partial charge in [0.15, 0.2) is 5.13 Å². The minimum atomic E-state index is -0.448. The smallest absolute Gasteiger partial charge is 0.241 e. The van der Waals surface area contributed by atoms with Crippen LogP contribution in [0.25, 0.3) is 10.2 Å². The van der Waals surface area contributed by atoms with Crippen LogP contribution in [0.5, 0.6) is 5.75 Å². The normalized spacial score (nSPS) is 11.1. The largest absolute Gasteiger partial charge is 0.494 e. The molecule has 0 aliphatic rings. The highest BCUT2D eigenvalue weighted by atomic mass is 32.1. The highest BCUT2D eigenvalue weighted by Crippen LogP contribution is 2.38. The summed E-state index contributed by atoms with van der Waals surface area (Å²) in [5.41, 5.74) is 4.85. The van der Waals surface area contributed by atoms with E-state index >= 15 is 0 Å². The minimum absolute atomic E-state index is 0.0121. The van der Waals surface area contributed by atoms with Gasteiger partial charge in [-0.15, -0.1) is 0 Å². The molecule has 0 aliphatic heterocycles. The van der Waals surface area contributed by atoms with Gasteiger partial charge in [0.2, 0.25) is 5.91 Å². The van der Waals surface area contributed by atoms with Crippen molar-refractivity contribution in [1.29, 1.82) is 0 Å². The molecule has 0 aliphatic carbocycles. The highest BCUT2D eigenvalue weighted by Gasteiger charge is 2.31. The van der Waals surface area contributed by atoms with E-state index in [9.17, 15) is 4.79 Å². The summed E-state index contributed by atoms with van der Waals surface area (Å²) in [6.07, 6.45) is 0. The summed E-state index contributed by atoms with van der Waals surface area (Å²) >= 11 is 1.53. The summed E-state index contributed by atoms with van der Waals surface area (Å²) in [4.78, 5) is 21.2. The number of methoxy groups -OCH3 is 1. The molecule has 1 aromatic heterocycles. The van der Waals surface area contributed by atoms with Gasteiger partial charge in [0, 0.05) is 0 Å². The number of thiazole rings is 1. The van der Waals surface area contributed by atoms with E-state index in [4.69, 9.17) is 9.72 Å². The van der Waals surface area contributed by atoms with Gasteiger partial charge in [0.25, 0.3) is 0 Å². The van der Waals surface area contributed by atoms with E-state index in [1.807, 2.05) is 108 Å². The van der Waals surface area contributed by atoms with Crippen LogP contribution in [0.3, 0.4) is 0 Å². The topological polar surface area (TPSA) is 42.4 Å². The number of rotatable bonds is 7. The summed E-state index contributed by atoms with van der Waals surface area (Å²) < 4.78 is 6.61. The van der Waals surface area contributed by atoms with Crippen molar-refractivity contribution >= 4 is 32.6 Å². The van der Waals surface area contributed by atoms with Crippen molar-refractivity contribution in [3.63, 3.8) is 0 Å². The lowest BCUT2D eigenvalue weighted by atomic mass is 9.90. The molecule has 5 aromatic rings. The van der Waals surface area contributed by atoms with Crippen LogP contribution in [0.15, 0.2) is 103 Å². The second-order valence-electron chi connectivity index (χ2n) is 8.42. The molecule has 0 radical (unpaired) electrons. The van der Waals surface area contributed by atoms with Gasteiger partial charge in [-0.2, -0.15) is 0 Å². The predicted octanol–water partition coefficient (Wildman–Crippen LogP) is 6.98. The van der Waals surface area contributed by atoms with E-state index in [2.05, 4.69) is 6.92 Å². The van der Waals surface area contributed by atoms with Gasteiger partial charge in [-0.3, -0.25) is 9.69 Å². The van der Waals surface area contributed by atoms with E-state index < -0.39 is 5.92 Å². The zero-order valence-electron chi connectivity index (χ0n) is 19.7. The van der Waals surface area contributed by atoms with Crippen LogP contribution >= 0.6 is 11.3 Å². The lowest BCUT2D eigenvalue weighted by Crippen LogP contribution is -2.35. The van der Waals surface area contributed by atoms with Gasteiger partial charge in [-0.25, -0.2) is 4.98 Å². The Morgan fingerprint density at radius 3 is 2.00 bits per heavy atom. The van der Waals surface area contributed by atoms with E-state index in [0.29, 0.717) is 17.4 Å². The SMILES string of the molecule is COc1ccc(C)c2sc(N(Cc3ccccc3)C(=O)C(c3ccccc3)c3ccccc3)nc12. The average Bonchev–Trinajstić information content (AvgIpc) is 3.36. The molecule has 4 nitrogen and oxygen atoms in total. The molecule has 4 aromatic carbocycles. The molecule has 0 saturated heterocycles. The number of ether oxygens (including phenoxy) is 1. The molecule has 174 valence electrons. The second-order valence-corrected chi connectivity index (χ2v) is 9.40. The first-order valence-electron chi connectivity index (χ1n) is 11.5. The average molecular weight is 479 g/mol. The number of carbonyl (C=O) groups excluding carboxylic acids is 1. The fourth-order valence-electron chi connectivity index (χ4n) is 4.31. The monoisotopic (exact) mass is 478 g/mol. The maximum Gasteiger partial charge on any atom is 0.241 e. The zero-order valence-corrected chi connectivity index (χ0v) is 20.5. The zero-order chi connectivity index (χ0) is 24.2. The number of aryl methyl sites for hydroxylation is 1. The fraction of sp³-hybridized carbons (Fsp3) is 0.133. The van der Waals surface area contributed by atoms with Crippen molar-refractivity contribution in [2.75, 3.05) is 12.0 Å². The molecule has 35 heavy (non-hydrogen) atoms. The van der Waals surface area contributed by atoms with Gasteiger partial charge >= 0.3 is 0 Å². The van der Waals surface area contributed by atoms with Gasteiger partial charge in [0.1, 0.15) is 11.3 Å². The lowest BCUT2D eigenvalue weighted by Gasteiger charge is -2.26. The summed E-state index contributed by atoms with van der Waals surface area (Å²) in [6, 6.07) is 33.9. The Bertz CT molecular complexity index is 1390. The Morgan fingerprint density at radius 1 is 0.857 bits per heavy atom. The van der Waals surface area contributed by atoms with Crippen LogP contribution in [-0.2, 0) is 11.3 Å². The molecule has 5 rings (SSSR count). The van der Waals surface area contributed by atoms with E-state index in [1.54, 1.807) is 7.11 Å². The number of amides is 1. The third kappa shape index (κ3) is 4.68. The van der Waals surface area contributed by atoms with E-state index in [0.717, 1.165) is 32.5 Å². The quantitative estimate of drug-likeness (QED) is 0.253. The molecule has 0 N–H and O–H groups in total. The first-order chi connectivity index (χ1) is 17.2. The van der Waals surface area contributed by atoms with E-state index in [-0.39, 0.29) is 5.91 Å². The maximum atomic E-state index is 14.4. The van der Waals surface area contributed by atoms with Crippen LogP contribution in [0.1, 0.15) is 28.2 Å². The van der Waals surface area contributed by atoms with E-state index in [1.165, 1.54) is 11.3 Å². The molecule has 0 unspecified atom stereocenters. The van der Waals surface area contributed by atoms with Crippen LogP contribution in [0.2, 0.25) is 0 Å². The molecule has 0 spiro atoms. The van der Waals surface area contributed by atoms with Gasteiger partial charge in [-0.1, -0.05) is 108 Å².